The highest BCUT2D eigenvalue weighted by atomic mass is 19.1. The fourth-order valence-electron chi connectivity index (χ4n) is 4.71. The van der Waals surface area contributed by atoms with E-state index in [4.69, 9.17) is 9.47 Å². The topological polar surface area (TPSA) is 77.5 Å². The molecular weight excluding hydrogens is 411 g/mol. The van der Waals surface area contributed by atoms with Crippen LogP contribution in [0.15, 0.2) is 54.7 Å². The first kappa shape index (κ1) is 19.0. The molecule has 1 aliphatic carbocycles. The first-order valence-corrected chi connectivity index (χ1v) is 10.6. The summed E-state index contributed by atoms with van der Waals surface area (Å²) in [6, 6.07) is 13.2. The molecule has 0 spiro atoms. The highest BCUT2D eigenvalue weighted by Gasteiger charge is 2.59. The zero-order valence-electron chi connectivity index (χ0n) is 17.0. The van der Waals surface area contributed by atoms with Crippen LogP contribution in [-0.2, 0) is 11.2 Å². The molecule has 3 atom stereocenters. The van der Waals surface area contributed by atoms with Gasteiger partial charge in [0.1, 0.15) is 35.0 Å². The Morgan fingerprint density at radius 3 is 2.84 bits per heavy atom. The molecule has 0 bridgehead atoms. The van der Waals surface area contributed by atoms with Crippen molar-refractivity contribution >= 4 is 17.5 Å². The molecule has 160 valence electrons. The van der Waals surface area contributed by atoms with Gasteiger partial charge in [-0.05, 0) is 55.0 Å². The van der Waals surface area contributed by atoms with E-state index < -0.39 is 0 Å². The third-order valence-electron chi connectivity index (χ3n) is 6.39. The van der Waals surface area contributed by atoms with E-state index in [1.165, 1.54) is 24.3 Å². The number of fused-ring (bicyclic) bond motifs is 4. The van der Waals surface area contributed by atoms with E-state index in [0.717, 1.165) is 16.9 Å². The zero-order valence-corrected chi connectivity index (χ0v) is 17.0. The van der Waals surface area contributed by atoms with Crippen molar-refractivity contribution in [2.24, 2.45) is 5.92 Å². The monoisotopic (exact) mass is 430 g/mol. The summed E-state index contributed by atoms with van der Waals surface area (Å²) in [4.78, 5) is 28.4. The molecule has 7 heteroatoms. The first-order chi connectivity index (χ1) is 15.6. The van der Waals surface area contributed by atoms with Crippen molar-refractivity contribution in [3.05, 3.63) is 77.2 Å². The van der Waals surface area contributed by atoms with Gasteiger partial charge in [0.25, 0.3) is 0 Å². The van der Waals surface area contributed by atoms with E-state index in [2.05, 4.69) is 10.3 Å². The summed E-state index contributed by atoms with van der Waals surface area (Å²) in [5.41, 5.74) is 2.44. The van der Waals surface area contributed by atoms with Gasteiger partial charge in [-0.25, -0.2) is 9.37 Å². The number of aromatic nitrogens is 1. The fraction of sp³-hybridized carbons (Fsp3) is 0.240. The summed E-state index contributed by atoms with van der Waals surface area (Å²) >= 11 is 0. The van der Waals surface area contributed by atoms with E-state index in [-0.39, 0.29) is 35.4 Å². The number of nitrogens with one attached hydrogen (secondary N) is 1. The molecule has 0 unspecified atom stereocenters. The summed E-state index contributed by atoms with van der Waals surface area (Å²) in [5.74, 6) is 2.57. The van der Waals surface area contributed by atoms with Crippen LogP contribution in [0, 0.1) is 11.7 Å². The Morgan fingerprint density at radius 1 is 1.16 bits per heavy atom. The summed E-state index contributed by atoms with van der Waals surface area (Å²) in [7, 11) is 0. The predicted octanol–water partition coefficient (Wildman–Crippen LogP) is 4.65. The van der Waals surface area contributed by atoms with Gasteiger partial charge in [-0.15, -0.1) is 0 Å². The number of anilines is 1. The van der Waals surface area contributed by atoms with Crippen molar-refractivity contribution in [1.29, 1.82) is 0 Å². The largest absolute Gasteiger partial charge is 0.489 e. The van der Waals surface area contributed by atoms with Gasteiger partial charge >= 0.3 is 0 Å². The molecule has 3 aromatic rings. The second-order valence-electron chi connectivity index (χ2n) is 8.39. The SMILES string of the molecule is O=C1CCc2c(Oc3ccc4c(c3)[C@H]3[C@H](CC(=O)c5ccc(F)cc5)[C@H]3O4)ccnc2N1. The van der Waals surface area contributed by atoms with Crippen LogP contribution in [0.25, 0.3) is 0 Å². The number of rotatable bonds is 5. The van der Waals surface area contributed by atoms with Crippen molar-refractivity contribution in [1.82, 2.24) is 4.98 Å². The highest BCUT2D eigenvalue weighted by Crippen LogP contribution is 2.60. The van der Waals surface area contributed by atoms with E-state index in [9.17, 15) is 14.0 Å². The molecule has 1 N–H and O–H groups in total. The number of carbonyl (C=O) groups excluding carboxylic acids is 2. The lowest BCUT2D eigenvalue weighted by Crippen LogP contribution is -2.20. The van der Waals surface area contributed by atoms with Crippen molar-refractivity contribution in [3.8, 4) is 17.2 Å². The van der Waals surface area contributed by atoms with E-state index in [0.29, 0.717) is 42.1 Å². The van der Waals surface area contributed by atoms with Crippen molar-refractivity contribution in [3.63, 3.8) is 0 Å². The van der Waals surface area contributed by atoms with Gasteiger partial charge in [-0.2, -0.15) is 0 Å². The van der Waals surface area contributed by atoms with E-state index in [1.54, 1.807) is 12.3 Å². The summed E-state index contributed by atoms with van der Waals surface area (Å²) in [6.07, 6.45) is 2.96. The minimum Gasteiger partial charge on any atom is -0.489 e. The third kappa shape index (κ3) is 3.21. The zero-order chi connectivity index (χ0) is 21.8. The Labute approximate surface area is 183 Å². The first-order valence-electron chi connectivity index (χ1n) is 10.6. The number of ether oxygens (including phenoxy) is 2. The van der Waals surface area contributed by atoms with Crippen LogP contribution in [0.1, 0.15) is 40.2 Å². The average molecular weight is 430 g/mol. The number of halogens is 1. The second kappa shape index (κ2) is 7.15. The van der Waals surface area contributed by atoms with Crippen LogP contribution in [0.2, 0.25) is 0 Å². The molecule has 3 aliphatic rings. The van der Waals surface area contributed by atoms with Crippen LogP contribution in [-0.4, -0.2) is 22.8 Å². The maximum Gasteiger partial charge on any atom is 0.225 e. The molecule has 0 saturated heterocycles. The third-order valence-corrected chi connectivity index (χ3v) is 6.39. The molecule has 6 rings (SSSR count). The lowest BCUT2D eigenvalue weighted by atomic mass is 10.0. The molecule has 1 amide bonds. The molecule has 0 radical (unpaired) electrons. The summed E-state index contributed by atoms with van der Waals surface area (Å²) in [6.45, 7) is 0. The van der Waals surface area contributed by atoms with Gasteiger partial charge in [-0.3, -0.25) is 9.59 Å². The summed E-state index contributed by atoms with van der Waals surface area (Å²) in [5, 5.41) is 2.78. The Kier molecular flexibility index (Phi) is 4.24. The van der Waals surface area contributed by atoms with Crippen LogP contribution in [0.4, 0.5) is 10.2 Å². The van der Waals surface area contributed by atoms with Gasteiger partial charge in [0.05, 0.1) is 0 Å². The maximum atomic E-state index is 13.1. The minimum absolute atomic E-state index is 0.00598. The van der Waals surface area contributed by atoms with Crippen molar-refractivity contribution < 1.29 is 23.5 Å². The Balaban J connectivity index is 1.19. The number of hydrogen-bond acceptors (Lipinski definition) is 5. The molecule has 3 heterocycles. The Morgan fingerprint density at radius 2 is 2.00 bits per heavy atom. The summed E-state index contributed by atoms with van der Waals surface area (Å²) < 4.78 is 25.3. The molecule has 2 aliphatic heterocycles. The highest BCUT2D eigenvalue weighted by molar-refractivity contribution is 5.96. The average Bonchev–Trinajstić information content (AvgIpc) is 3.30. The Bertz CT molecular complexity index is 1260. The van der Waals surface area contributed by atoms with Gasteiger partial charge in [-0.1, -0.05) is 0 Å². The number of amides is 1. The molecule has 1 aromatic heterocycles. The molecule has 2 aromatic carbocycles. The predicted molar refractivity (Wildman–Crippen MR) is 114 cm³/mol. The van der Waals surface area contributed by atoms with Crippen LogP contribution < -0.4 is 14.8 Å². The number of nitrogens with zero attached hydrogens (tertiary/aromatic N) is 1. The lowest BCUT2D eigenvalue weighted by Gasteiger charge is -2.19. The minimum atomic E-state index is -0.354. The number of ketones is 1. The van der Waals surface area contributed by atoms with E-state index in [1.807, 2.05) is 18.2 Å². The normalized spacial score (nSPS) is 22.2. The molecular formula is C25H19FN2O4. The van der Waals surface area contributed by atoms with Gasteiger partial charge in [0, 0.05) is 47.6 Å². The lowest BCUT2D eigenvalue weighted by molar-refractivity contribution is -0.116. The molecule has 6 nitrogen and oxygen atoms in total. The van der Waals surface area contributed by atoms with Crippen LogP contribution in [0.5, 0.6) is 17.2 Å². The Hall–Kier alpha value is -3.74. The van der Waals surface area contributed by atoms with E-state index >= 15 is 0 Å². The van der Waals surface area contributed by atoms with Crippen LogP contribution >= 0.6 is 0 Å². The second-order valence-corrected chi connectivity index (χ2v) is 8.39. The van der Waals surface area contributed by atoms with Crippen molar-refractivity contribution in [2.45, 2.75) is 31.3 Å². The standard InChI is InChI=1S/C25H19FN2O4/c26-14-3-1-13(2-4-14)19(29)12-18-23-17-11-15(5-7-20(17)32-24(18)23)31-21-9-10-27-25-16(21)6-8-22(30)28-25/h1-5,7,9-11,18,23-24H,6,8,12H2,(H,27,28,30)/t18-,23-,24+/m0/s1. The maximum absolute atomic E-state index is 13.1. The van der Waals surface area contributed by atoms with Gasteiger partial charge in [0.2, 0.25) is 5.91 Å². The number of hydrogen-bond donors (Lipinski definition) is 1. The quantitative estimate of drug-likeness (QED) is 0.597. The fourth-order valence-corrected chi connectivity index (χ4v) is 4.71. The molecule has 32 heavy (non-hydrogen) atoms. The number of carbonyl (C=O) groups is 2. The smallest absolute Gasteiger partial charge is 0.225 e. The van der Waals surface area contributed by atoms with Gasteiger partial charge in [0.15, 0.2) is 5.78 Å². The van der Waals surface area contributed by atoms with Gasteiger partial charge < -0.3 is 14.8 Å². The van der Waals surface area contributed by atoms with Crippen LogP contribution in [0.3, 0.4) is 0 Å². The number of benzene rings is 2. The van der Waals surface area contributed by atoms with Crippen molar-refractivity contribution in [2.75, 3.05) is 5.32 Å². The number of Topliss-reactive ketones (excluding diaryl/α,β-unsaturated/α-hetero) is 1. The number of pyridine rings is 1. The molecule has 1 fully saturated rings. The molecule has 1 saturated carbocycles.